The molecule has 0 aliphatic heterocycles. The quantitative estimate of drug-likeness (QED) is 0.508. The molecule has 5 nitrogen and oxygen atoms in total. The highest BCUT2D eigenvalue weighted by atomic mass is 16.6. The van der Waals surface area contributed by atoms with E-state index in [-0.39, 0.29) is 18.6 Å². The Morgan fingerprint density at radius 2 is 2.00 bits per heavy atom. The van der Waals surface area contributed by atoms with Gasteiger partial charge in [-0.25, -0.2) is 15.6 Å². The third kappa shape index (κ3) is 5.02. The Hall–Kier alpha value is -1.59. The van der Waals surface area contributed by atoms with Gasteiger partial charge in [0.2, 0.25) is 0 Å². The lowest BCUT2D eigenvalue weighted by Gasteiger charge is -2.32. The predicted molar refractivity (Wildman–Crippen MR) is 82.2 cm³/mol. The number of ether oxygens (including phenoxy) is 1. The van der Waals surface area contributed by atoms with Crippen LogP contribution in [-0.2, 0) is 11.3 Å². The van der Waals surface area contributed by atoms with Crippen LogP contribution in [0.4, 0.5) is 4.79 Å². The van der Waals surface area contributed by atoms with Gasteiger partial charge in [-0.05, 0) is 37.8 Å². The van der Waals surface area contributed by atoms with Crippen LogP contribution in [0.2, 0.25) is 0 Å². The number of carbonyl (C=O) groups is 1. The summed E-state index contributed by atoms with van der Waals surface area (Å²) in [5.41, 5.74) is 1.07. The highest BCUT2D eigenvalue weighted by Crippen LogP contribution is 2.28. The number of benzene rings is 1. The third-order valence-electron chi connectivity index (χ3n) is 3.01. The van der Waals surface area contributed by atoms with E-state index in [9.17, 15) is 9.90 Å². The lowest BCUT2D eigenvalue weighted by molar-refractivity contribution is 0.0103. The number of hydrazine groups is 1. The van der Waals surface area contributed by atoms with Crippen LogP contribution in [0.3, 0.4) is 0 Å². The average molecular weight is 294 g/mol. The molecule has 1 aromatic rings. The van der Waals surface area contributed by atoms with Crippen LogP contribution in [0.1, 0.15) is 51.8 Å². The smallest absolute Gasteiger partial charge is 0.425 e. The first-order chi connectivity index (χ1) is 9.65. The summed E-state index contributed by atoms with van der Waals surface area (Å²) in [6.07, 6.45) is -0.560. The molecule has 0 radical (unpaired) electrons. The maximum atomic E-state index is 12.2. The Kier molecular flexibility index (Phi) is 5.75. The first-order valence-electron chi connectivity index (χ1n) is 7.12. The minimum atomic E-state index is -0.594. The molecular weight excluding hydrogens is 268 g/mol. The van der Waals surface area contributed by atoms with Gasteiger partial charge >= 0.3 is 6.09 Å². The van der Waals surface area contributed by atoms with Crippen molar-refractivity contribution >= 4 is 6.09 Å². The van der Waals surface area contributed by atoms with Crippen LogP contribution in [0.25, 0.3) is 0 Å². The monoisotopic (exact) mass is 294 g/mol. The van der Waals surface area contributed by atoms with E-state index in [1.165, 1.54) is 0 Å². The molecule has 0 saturated heterocycles. The van der Waals surface area contributed by atoms with Crippen molar-refractivity contribution in [3.05, 3.63) is 35.4 Å². The third-order valence-corrected chi connectivity index (χ3v) is 3.01. The molecule has 0 aliphatic rings. The Balaban J connectivity index is 3.03. The summed E-state index contributed by atoms with van der Waals surface area (Å²) in [7, 11) is 0. The van der Waals surface area contributed by atoms with E-state index in [4.69, 9.17) is 10.6 Å². The Bertz CT molecular complexity index is 481. The van der Waals surface area contributed by atoms with Gasteiger partial charge in [-0.1, -0.05) is 38.1 Å². The molecule has 1 rings (SSSR count). The van der Waals surface area contributed by atoms with Crippen LogP contribution in [0.15, 0.2) is 24.3 Å². The van der Waals surface area contributed by atoms with E-state index in [1.807, 2.05) is 38.1 Å². The molecule has 3 N–H and O–H groups in total. The number of rotatable bonds is 4. The number of aliphatic hydroxyl groups excluding tert-OH is 1. The minimum absolute atomic E-state index is 0.0460. The standard InChI is InChI=1S/C16H26N2O3/c1-11(2)14(13-8-6-7-12(9-13)10-19)18(17)15(20)21-16(3,4)5/h6-9,11,14,19H,10,17H2,1-5H3. The normalized spacial score (nSPS) is 13.1. The zero-order valence-electron chi connectivity index (χ0n) is 13.5. The van der Waals surface area contributed by atoms with E-state index in [0.717, 1.165) is 16.1 Å². The molecule has 0 aromatic heterocycles. The number of nitrogens with two attached hydrogens (primary N) is 1. The molecule has 21 heavy (non-hydrogen) atoms. The highest BCUT2D eigenvalue weighted by molar-refractivity contribution is 5.68. The van der Waals surface area contributed by atoms with E-state index < -0.39 is 11.7 Å². The molecule has 1 aromatic carbocycles. The van der Waals surface area contributed by atoms with E-state index in [0.29, 0.717) is 0 Å². The fourth-order valence-corrected chi connectivity index (χ4v) is 2.17. The number of hydrogen-bond donors (Lipinski definition) is 2. The molecule has 0 saturated carbocycles. The summed E-state index contributed by atoms with van der Waals surface area (Å²) in [5, 5.41) is 10.4. The van der Waals surface area contributed by atoms with Gasteiger partial charge in [0, 0.05) is 0 Å². The van der Waals surface area contributed by atoms with Gasteiger partial charge in [0.1, 0.15) is 5.60 Å². The summed E-state index contributed by atoms with van der Waals surface area (Å²) in [6.45, 7) is 9.33. The second-order valence-corrected chi connectivity index (χ2v) is 6.48. The molecule has 118 valence electrons. The second-order valence-electron chi connectivity index (χ2n) is 6.48. The largest absolute Gasteiger partial charge is 0.443 e. The van der Waals surface area contributed by atoms with Crippen LogP contribution in [0, 0.1) is 5.92 Å². The molecule has 1 amide bonds. The fraction of sp³-hybridized carbons (Fsp3) is 0.562. The van der Waals surface area contributed by atoms with Gasteiger partial charge < -0.3 is 9.84 Å². The summed E-state index contributed by atoms with van der Waals surface area (Å²) in [5.74, 6) is 6.10. The first-order valence-corrected chi connectivity index (χ1v) is 7.12. The molecule has 0 fully saturated rings. The summed E-state index contributed by atoms with van der Waals surface area (Å²) in [4.78, 5) is 12.2. The van der Waals surface area contributed by atoms with Gasteiger partial charge in [0.25, 0.3) is 0 Å². The van der Waals surface area contributed by atoms with Gasteiger partial charge in [0.05, 0.1) is 12.6 Å². The summed E-state index contributed by atoms with van der Waals surface area (Å²) < 4.78 is 5.32. The summed E-state index contributed by atoms with van der Waals surface area (Å²) >= 11 is 0. The molecular formula is C16H26N2O3. The van der Waals surface area contributed by atoms with Gasteiger partial charge in [0.15, 0.2) is 0 Å². The molecule has 1 atom stereocenters. The minimum Gasteiger partial charge on any atom is -0.443 e. The lowest BCUT2D eigenvalue weighted by atomic mass is 9.94. The maximum Gasteiger partial charge on any atom is 0.425 e. The van der Waals surface area contributed by atoms with Crippen molar-refractivity contribution in [3.8, 4) is 0 Å². The number of amides is 1. The summed E-state index contributed by atoms with van der Waals surface area (Å²) in [6, 6.07) is 7.11. The fourth-order valence-electron chi connectivity index (χ4n) is 2.17. The number of nitrogens with zero attached hydrogens (tertiary/aromatic N) is 1. The van der Waals surface area contributed by atoms with Gasteiger partial charge in [-0.15, -0.1) is 0 Å². The molecule has 0 bridgehead atoms. The van der Waals surface area contributed by atoms with Crippen LogP contribution in [0.5, 0.6) is 0 Å². The Labute approximate surface area is 126 Å². The zero-order valence-corrected chi connectivity index (χ0v) is 13.5. The molecule has 1 unspecified atom stereocenters. The van der Waals surface area contributed by atoms with E-state index in [1.54, 1.807) is 20.8 Å². The topological polar surface area (TPSA) is 75.8 Å². The van der Waals surface area contributed by atoms with Crippen molar-refractivity contribution in [2.45, 2.75) is 52.9 Å². The first kappa shape index (κ1) is 17.5. The van der Waals surface area contributed by atoms with Crippen molar-refractivity contribution in [2.75, 3.05) is 0 Å². The van der Waals surface area contributed by atoms with Crippen molar-refractivity contribution in [2.24, 2.45) is 11.8 Å². The SMILES string of the molecule is CC(C)C(c1cccc(CO)c1)N(N)C(=O)OC(C)(C)C. The van der Waals surface area contributed by atoms with Crippen LogP contribution in [-0.4, -0.2) is 21.8 Å². The highest BCUT2D eigenvalue weighted by Gasteiger charge is 2.29. The zero-order chi connectivity index (χ0) is 16.2. The second kappa shape index (κ2) is 6.91. The predicted octanol–water partition coefficient (Wildman–Crippen LogP) is 2.99. The molecule has 0 spiro atoms. The van der Waals surface area contributed by atoms with Gasteiger partial charge in [-0.2, -0.15) is 0 Å². The van der Waals surface area contributed by atoms with E-state index >= 15 is 0 Å². The molecule has 0 heterocycles. The molecule has 5 heteroatoms. The lowest BCUT2D eigenvalue weighted by Crippen LogP contribution is -2.45. The van der Waals surface area contributed by atoms with Crippen LogP contribution < -0.4 is 5.84 Å². The van der Waals surface area contributed by atoms with E-state index in [2.05, 4.69) is 0 Å². The van der Waals surface area contributed by atoms with Crippen molar-refractivity contribution in [1.82, 2.24) is 5.01 Å². The van der Waals surface area contributed by atoms with Crippen molar-refractivity contribution in [1.29, 1.82) is 0 Å². The average Bonchev–Trinajstić information content (AvgIpc) is 2.36. The number of carbonyl (C=O) groups excluding carboxylic acids is 1. The molecule has 0 aliphatic carbocycles. The Morgan fingerprint density at radius 3 is 2.48 bits per heavy atom. The van der Waals surface area contributed by atoms with Gasteiger partial charge in [-0.3, -0.25) is 0 Å². The number of hydrogen-bond acceptors (Lipinski definition) is 4. The number of aliphatic hydroxyl groups is 1. The van der Waals surface area contributed by atoms with Crippen LogP contribution >= 0.6 is 0 Å². The Morgan fingerprint density at radius 1 is 1.38 bits per heavy atom. The van der Waals surface area contributed by atoms with Crippen molar-refractivity contribution < 1.29 is 14.6 Å². The maximum absolute atomic E-state index is 12.2. The van der Waals surface area contributed by atoms with Crippen molar-refractivity contribution in [3.63, 3.8) is 0 Å².